The summed E-state index contributed by atoms with van der Waals surface area (Å²) in [5.74, 6) is 0. The molecule has 2 N–H and O–H groups in total. The number of aliphatic hydroxyl groups excluding tert-OH is 1. The smallest absolute Gasteiger partial charge is 0.0791 e. The predicted octanol–water partition coefficient (Wildman–Crippen LogP) is 1.89. The number of β-amino-alcohol motifs (C(OH)–C–C–N with tert-alkyl or cyclic N) is 1. The highest BCUT2D eigenvalue weighted by Gasteiger charge is 2.15. The number of nitrogens with one attached hydrogen (secondary N) is 1. The molecule has 3 nitrogen and oxygen atoms in total. The average Bonchev–Trinajstić information content (AvgIpc) is 2.84. The molecular formula is C14H21ClN2O. The number of likely N-dealkylation sites (tertiary alicyclic amines) is 1. The zero-order valence-corrected chi connectivity index (χ0v) is 11.4. The minimum Gasteiger partial charge on any atom is -0.390 e. The fraction of sp³-hybridized carbons (Fsp3) is 0.571. The van der Waals surface area contributed by atoms with Crippen LogP contribution in [0.25, 0.3) is 0 Å². The molecule has 4 heteroatoms. The first-order valence-electron chi connectivity index (χ1n) is 6.60. The van der Waals surface area contributed by atoms with Gasteiger partial charge in [-0.25, -0.2) is 0 Å². The molecular weight excluding hydrogens is 248 g/mol. The predicted molar refractivity (Wildman–Crippen MR) is 74.8 cm³/mol. The molecule has 0 radical (unpaired) electrons. The number of hydrogen-bond donors (Lipinski definition) is 2. The second-order valence-corrected chi connectivity index (χ2v) is 5.29. The Kier molecular flexibility index (Phi) is 5.45. The van der Waals surface area contributed by atoms with Crippen molar-refractivity contribution in [2.45, 2.75) is 25.5 Å². The van der Waals surface area contributed by atoms with E-state index in [1.165, 1.54) is 12.8 Å². The van der Waals surface area contributed by atoms with Crippen LogP contribution in [-0.2, 0) is 6.54 Å². The second-order valence-electron chi connectivity index (χ2n) is 4.88. The summed E-state index contributed by atoms with van der Waals surface area (Å²) in [6.07, 6.45) is 2.23. The monoisotopic (exact) mass is 268 g/mol. The van der Waals surface area contributed by atoms with Gasteiger partial charge in [0.05, 0.1) is 6.10 Å². The van der Waals surface area contributed by atoms with Gasteiger partial charge in [-0.05, 0) is 37.6 Å². The van der Waals surface area contributed by atoms with Crippen LogP contribution in [0.1, 0.15) is 18.4 Å². The summed E-state index contributed by atoms with van der Waals surface area (Å²) in [5, 5.41) is 14.0. The maximum atomic E-state index is 9.92. The van der Waals surface area contributed by atoms with Crippen LogP contribution in [0, 0.1) is 0 Å². The van der Waals surface area contributed by atoms with Crippen molar-refractivity contribution < 1.29 is 5.11 Å². The number of halogens is 1. The van der Waals surface area contributed by atoms with Gasteiger partial charge in [-0.1, -0.05) is 29.8 Å². The summed E-state index contributed by atoms with van der Waals surface area (Å²) in [6.45, 7) is 4.34. The molecule has 1 aromatic carbocycles. The lowest BCUT2D eigenvalue weighted by Crippen LogP contribution is -2.36. The molecule has 0 aliphatic carbocycles. The van der Waals surface area contributed by atoms with Crippen molar-refractivity contribution in [2.75, 3.05) is 26.2 Å². The minimum atomic E-state index is -0.300. The molecule has 1 aliphatic heterocycles. The van der Waals surface area contributed by atoms with E-state index in [0.717, 1.165) is 30.2 Å². The first kappa shape index (κ1) is 13.8. The molecule has 0 bridgehead atoms. The summed E-state index contributed by atoms with van der Waals surface area (Å²) < 4.78 is 0. The van der Waals surface area contributed by atoms with Gasteiger partial charge in [0.15, 0.2) is 0 Å². The van der Waals surface area contributed by atoms with Crippen LogP contribution in [0.15, 0.2) is 24.3 Å². The van der Waals surface area contributed by atoms with E-state index in [0.29, 0.717) is 13.1 Å². The molecule has 100 valence electrons. The maximum Gasteiger partial charge on any atom is 0.0791 e. The molecule has 0 saturated carbocycles. The summed E-state index contributed by atoms with van der Waals surface area (Å²) in [7, 11) is 0. The number of aliphatic hydroxyl groups is 1. The second kappa shape index (κ2) is 7.10. The van der Waals surface area contributed by atoms with Gasteiger partial charge in [-0.3, -0.25) is 0 Å². The highest BCUT2D eigenvalue weighted by Crippen LogP contribution is 2.14. The Morgan fingerprint density at radius 2 is 2.00 bits per heavy atom. The van der Waals surface area contributed by atoms with Crippen LogP contribution in [0.5, 0.6) is 0 Å². The Hall–Kier alpha value is -0.610. The van der Waals surface area contributed by atoms with Crippen molar-refractivity contribution in [2.24, 2.45) is 0 Å². The lowest BCUT2D eigenvalue weighted by molar-refractivity contribution is 0.123. The van der Waals surface area contributed by atoms with Crippen molar-refractivity contribution in [3.05, 3.63) is 34.9 Å². The fourth-order valence-corrected chi connectivity index (χ4v) is 2.55. The Bertz CT molecular complexity index is 367. The normalized spacial score (nSPS) is 18.1. The Labute approximate surface area is 114 Å². The van der Waals surface area contributed by atoms with E-state index in [1.807, 2.05) is 24.3 Å². The molecule has 0 amide bonds. The van der Waals surface area contributed by atoms with Crippen molar-refractivity contribution >= 4 is 11.6 Å². The SMILES string of the molecule is OC(CNCc1ccccc1Cl)CN1CCCC1. The van der Waals surface area contributed by atoms with E-state index in [9.17, 15) is 5.11 Å². The van der Waals surface area contributed by atoms with E-state index in [-0.39, 0.29) is 6.10 Å². The van der Waals surface area contributed by atoms with Crippen molar-refractivity contribution in [1.82, 2.24) is 10.2 Å². The fourth-order valence-electron chi connectivity index (χ4n) is 2.34. The van der Waals surface area contributed by atoms with Gasteiger partial charge in [0.25, 0.3) is 0 Å². The van der Waals surface area contributed by atoms with Gasteiger partial charge < -0.3 is 15.3 Å². The maximum absolute atomic E-state index is 9.92. The molecule has 1 atom stereocenters. The number of benzene rings is 1. The van der Waals surface area contributed by atoms with Crippen molar-refractivity contribution in [1.29, 1.82) is 0 Å². The van der Waals surface area contributed by atoms with Gasteiger partial charge in [0.1, 0.15) is 0 Å². The van der Waals surface area contributed by atoms with Crippen LogP contribution in [0.4, 0.5) is 0 Å². The standard InChI is InChI=1S/C14H21ClN2O/c15-14-6-2-1-5-12(14)9-16-10-13(18)11-17-7-3-4-8-17/h1-2,5-6,13,16,18H,3-4,7-11H2. The van der Waals surface area contributed by atoms with E-state index in [4.69, 9.17) is 11.6 Å². The van der Waals surface area contributed by atoms with Gasteiger partial charge >= 0.3 is 0 Å². The Balaban J connectivity index is 1.67. The summed E-state index contributed by atoms with van der Waals surface area (Å²) in [6, 6.07) is 7.79. The average molecular weight is 269 g/mol. The van der Waals surface area contributed by atoms with Crippen LogP contribution in [0.3, 0.4) is 0 Å². The van der Waals surface area contributed by atoms with Crippen molar-refractivity contribution in [3.63, 3.8) is 0 Å². The van der Waals surface area contributed by atoms with Gasteiger partial charge in [0, 0.05) is 24.7 Å². The zero-order chi connectivity index (χ0) is 12.8. The molecule has 1 unspecified atom stereocenters. The first-order chi connectivity index (χ1) is 8.75. The van der Waals surface area contributed by atoms with Crippen molar-refractivity contribution in [3.8, 4) is 0 Å². The molecule has 1 aliphatic rings. The quantitative estimate of drug-likeness (QED) is 0.827. The minimum absolute atomic E-state index is 0.300. The highest BCUT2D eigenvalue weighted by molar-refractivity contribution is 6.31. The largest absolute Gasteiger partial charge is 0.390 e. The van der Waals surface area contributed by atoms with Gasteiger partial charge in [-0.15, -0.1) is 0 Å². The number of nitrogens with zero attached hydrogens (tertiary/aromatic N) is 1. The summed E-state index contributed by atoms with van der Waals surface area (Å²) in [4.78, 5) is 2.32. The third-order valence-corrected chi connectivity index (χ3v) is 3.69. The van der Waals surface area contributed by atoms with Gasteiger partial charge in [-0.2, -0.15) is 0 Å². The summed E-state index contributed by atoms with van der Waals surface area (Å²) in [5.41, 5.74) is 1.08. The highest BCUT2D eigenvalue weighted by atomic mass is 35.5. The Morgan fingerprint density at radius 3 is 2.72 bits per heavy atom. The van der Waals surface area contributed by atoms with E-state index >= 15 is 0 Å². The molecule has 1 fully saturated rings. The number of rotatable bonds is 6. The van der Waals surface area contributed by atoms with Crippen LogP contribution < -0.4 is 5.32 Å². The van der Waals surface area contributed by atoms with Gasteiger partial charge in [0.2, 0.25) is 0 Å². The molecule has 2 rings (SSSR count). The molecule has 1 aromatic rings. The molecule has 0 spiro atoms. The molecule has 18 heavy (non-hydrogen) atoms. The Morgan fingerprint density at radius 1 is 1.28 bits per heavy atom. The van der Waals surface area contributed by atoms with Crippen LogP contribution >= 0.6 is 11.6 Å². The summed E-state index contributed by atoms with van der Waals surface area (Å²) >= 11 is 6.07. The third-order valence-electron chi connectivity index (χ3n) is 3.32. The molecule has 1 saturated heterocycles. The lowest BCUT2D eigenvalue weighted by Gasteiger charge is -2.19. The number of hydrogen-bond acceptors (Lipinski definition) is 3. The van der Waals surface area contributed by atoms with Crippen LogP contribution in [-0.4, -0.2) is 42.3 Å². The first-order valence-corrected chi connectivity index (χ1v) is 6.98. The molecule has 1 heterocycles. The lowest BCUT2D eigenvalue weighted by atomic mass is 10.2. The van der Waals surface area contributed by atoms with Crippen LogP contribution in [0.2, 0.25) is 5.02 Å². The topological polar surface area (TPSA) is 35.5 Å². The third kappa shape index (κ3) is 4.25. The van der Waals surface area contributed by atoms with E-state index < -0.39 is 0 Å². The zero-order valence-electron chi connectivity index (χ0n) is 10.6. The van der Waals surface area contributed by atoms with E-state index in [2.05, 4.69) is 10.2 Å². The molecule has 0 aromatic heterocycles. The van der Waals surface area contributed by atoms with E-state index in [1.54, 1.807) is 0 Å².